The maximum absolute atomic E-state index is 15.2. The molecule has 0 unspecified atom stereocenters. The van der Waals surface area contributed by atoms with Gasteiger partial charge in [0, 0.05) is 5.56 Å². The highest BCUT2D eigenvalue weighted by Crippen LogP contribution is 2.35. The molecule has 0 aliphatic heterocycles. The first kappa shape index (κ1) is 24.8. The molecule has 0 spiro atoms. The van der Waals surface area contributed by atoms with Gasteiger partial charge in [-0.1, -0.05) is 102 Å². The smallest absolute Gasteiger partial charge is 0.169 e. The summed E-state index contributed by atoms with van der Waals surface area (Å²) >= 11 is 0. The topological polar surface area (TPSA) is 0 Å². The maximum Gasteiger partial charge on any atom is 0.169 e. The van der Waals surface area contributed by atoms with E-state index in [0.29, 0.717) is 22.9 Å². The molecule has 0 heterocycles. The molecule has 0 aromatic heterocycles. The van der Waals surface area contributed by atoms with E-state index in [1.165, 1.54) is 63.4 Å². The standard InChI is InChI=1S/C31H37F3/c1-3-5-6-7-21-8-10-22(11-9-21)12-13-23-14-16-25(17-15-23)27-19-18-26-20-24(4-2)29(32)31(34)28(26)30(27)33/h14-22H,3-13H2,1-2H3. The fraction of sp³-hybridized carbons (Fsp3) is 0.484. The molecule has 1 saturated carbocycles. The molecule has 34 heavy (non-hydrogen) atoms. The third kappa shape index (κ3) is 5.50. The zero-order valence-corrected chi connectivity index (χ0v) is 20.6. The van der Waals surface area contributed by atoms with E-state index < -0.39 is 17.5 Å². The Morgan fingerprint density at radius 3 is 2.06 bits per heavy atom. The van der Waals surface area contributed by atoms with Crippen molar-refractivity contribution in [2.45, 2.75) is 84.5 Å². The number of hydrogen-bond acceptors (Lipinski definition) is 0. The molecule has 0 N–H and O–H groups in total. The SMILES string of the molecule is CCCCCC1CCC(CCc2ccc(-c3ccc4cc(CC)c(F)c(F)c4c3F)cc2)CC1. The van der Waals surface area contributed by atoms with Crippen LogP contribution in [0.4, 0.5) is 13.2 Å². The molecular formula is C31H37F3. The van der Waals surface area contributed by atoms with Crippen molar-refractivity contribution in [2.75, 3.05) is 0 Å². The normalized spacial score (nSPS) is 18.5. The third-order valence-electron chi connectivity index (χ3n) is 7.87. The van der Waals surface area contributed by atoms with Gasteiger partial charge in [0.1, 0.15) is 5.82 Å². The number of fused-ring (bicyclic) bond motifs is 1. The molecule has 3 aromatic carbocycles. The van der Waals surface area contributed by atoms with Crippen molar-refractivity contribution in [2.24, 2.45) is 11.8 Å². The Kier molecular flexibility index (Phi) is 8.34. The van der Waals surface area contributed by atoms with Gasteiger partial charge in [-0.25, -0.2) is 13.2 Å². The van der Waals surface area contributed by atoms with Gasteiger partial charge < -0.3 is 0 Å². The van der Waals surface area contributed by atoms with E-state index in [2.05, 4.69) is 6.92 Å². The first-order chi connectivity index (χ1) is 16.5. The molecule has 0 nitrogen and oxygen atoms in total. The van der Waals surface area contributed by atoms with E-state index in [4.69, 9.17) is 0 Å². The summed E-state index contributed by atoms with van der Waals surface area (Å²) in [7, 11) is 0. The van der Waals surface area contributed by atoms with Crippen LogP contribution in [0.3, 0.4) is 0 Å². The van der Waals surface area contributed by atoms with E-state index in [0.717, 1.165) is 18.3 Å². The molecule has 0 radical (unpaired) electrons. The van der Waals surface area contributed by atoms with Crippen molar-refractivity contribution in [1.82, 2.24) is 0 Å². The van der Waals surface area contributed by atoms with Gasteiger partial charge >= 0.3 is 0 Å². The Labute approximate surface area is 202 Å². The molecular weight excluding hydrogens is 429 g/mol. The molecule has 3 heteroatoms. The first-order valence-electron chi connectivity index (χ1n) is 13.2. The van der Waals surface area contributed by atoms with Gasteiger partial charge in [0.25, 0.3) is 0 Å². The Hall–Kier alpha value is -2.29. The highest BCUT2D eigenvalue weighted by molar-refractivity contribution is 5.89. The van der Waals surface area contributed by atoms with E-state index >= 15 is 4.39 Å². The van der Waals surface area contributed by atoms with Gasteiger partial charge in [-0.15, -0.1) is 0 Å². The second kappa shape index (κ2) is 11.4. The van der Waals surface area contributed by atoms with Crippen LogP contribution >= 0.6 is 0 Å². The average Bonchev–Trinajstić information content (AvgIpc) is 2.86. The molecule has 1 aliphatic carbocycles. The number of rotatable bonds is 9. The molecule has 0 amide bonds. The van der Waals surface area contributed by atoms with Crippen LogP contribution in [0.15, 0.2) is 42.5 Å². The zero-order chi connectivity index (χ0) is 24.1. The lowest BCUT2D eigenvalue weighted by molar-refractivity contribution is 0.249. The summed E-state index contributed by atoms with van der Waals surface area (Å²) in [6.45, 7) is 4.03. The molecule has 182 valence electrons. The lowest BCUT2D eigenvalue weighted by atomic mass is 9.78. The van der Waals surface area contributed by atoms with Crippen LogP contribution < -0.4 is 0 Å². The van der Waals surface area contributed by atoms with Crippen LogP contribution in [0.5, 0.6) is 0 Å². The summed E-state index contributed by atoms with van der Waals surface area (Å²) in [4.78, 5) is 0. The van der Waals surface area contributed by atoms with Gasteiger partial charge in [-0.3, -0.25) is 0 Å². The number of benzene rings is 3. The summed E-state index contributed by atoms with van der Waals surface area (Å²) in [6.07, 6.45) is 13.5. The van der Waals surface area contributed by atoms with Crippen molar-refractivity contribution < 1.29 is 13.2 Å². The highest BCUT2D eigenvalue weighted by Gasteiger charge is 2.21. The predicted octanol–water partition coefficient (Wildman–Crippen LogP) is 9.81. The highest BCUT2D eigenvalue weighted by atomic mass is 19.2. The molecule has 4 rings (SSSR count). The van der Waals surface area contributed by atoms with Crippen molar-refractivity contribution in [3.8, 4) is 11.1 Å². The number of halogens is 3. The summed E-state index contributed by atoms with van der Waals surface area (Å²) < 4.78 is 44.2. The van der Waals surface area contributed by atoms with Crippen LogP contribution in [0.2, 0.25) is 0 Å². The van der Waals surface area contributed by atoms with Crippen molar-refractivity contribution in [3.63, 3.8) is 0 Å². The second-order valence-electron chi connectivity index (χ2n) is 10.2. The van der Waals surface area contributed by atoms with Crippen molar-refractivity contribution in [3.05, 3.63) is 71.0 Å². The van der Waals surface area contributed by atoms with E-state index in [1.807, 2.05) is 24.3 Å². The van der Waals surface area contributed by atoms with Crippen molar-refractivity contribution >= 4 is 10.8 Å². The number of hydrogen-bond donors (Lipinski definition) is 0. The van der Waals surface area contributed by atoms with Crippen LogP contribution in [-0.4, -0.2) is 0 Å². The number of aryl methyl sites for hydroxylation is 2. The van der Waals surface area contributed by atoms with Gasteiger partial charge in [-0.05, 0) is 59.2 Å². The van der Waals surface area contributed by atoms with Crippen LogP contribution in [0.25, 0.3) is 21.9 Å². The maximum atomic E-state index is 15.2. The lowest BCUT2D eigenvalue weighted by Gasteiger charge is -2.28. The van der Waals surface area contributed by atoms with E-state index in [-0.39, 0.29) is 10.9 Å². The monoisotopic (exact) mass is 466 g/mol. The summed E-state index contributed by atoms with van der Waals surface area (Å²) in [5, 5.41) is 0.135. The van der Waals surface area contributed by atoms with Gasteiger partial charge in [0.15, 0.2) is 11.6 Å². The number of unbranched alkanes of at least 4 members (excludes halogenated alkanes) is 2. The largest absolute Gasteiger partial charge is 0.206 e. The molecule has 1 aliphatic rings. The lowest BCUT2D eigenvalue weighted by Crippen LogP contribution is -2.15. The fourth-order valence-corrected chi connectivity index (χ4v) is 5.63. The quantitative estimate of drug-likeness (QED) is 0.275. The molecule has 0 saturated heterocycles. The van der Waals surface area contributed by atoms with Crippen molar-refractivity contribution in [1.29, 1.82) is 0 Å². The van der Waals surface area contributed by atoms with Crippen LogP contribution in [0.1, 0.15) is 82.8 Å². The van der Waals surface area contributed by atoms with Gasteiger partial charge in [-0.2, -0.15) is 0 Å². The Balaban J connectivity index is 1.39. The summed E-state index contributed by atoms with van der Waals surface area (Å²) in [5.74, 6) is -0.987. The molecule has 0 atom stereocenters. The first-order valence-corrected chi connectivity index (χ1v) is 13.2. The van der Waals surface area contributed by atoms with Crippen LogP contribution in [-0.2, 0) is 12.8 Å². The minimum absolute atomic E-state index is 0.262. The minimum atomic E-state index is -1.09. The van der Waals surface area contributed by atoms with Crippen LogP contribution in [0, 0.1) is 29.3 Å². The minimum Gasteiger partial charge on any atom is -0.206 e. The van der Waals surface area contributed by atoms with Gasteiger partial charge in [0.05, 0.1) is 5.39 Å². The summed E-state index contributed by atoms with van der Waals surface area (Å²) in [6, 6.07) is 12.8. The van der Waals surface area contributed by atoms with E-state index in [1.54, 1.807) is 25.1 Å². The Morgan fingerprint density at radius 1 is 0.735 bits per heavy atom. The Morgan fingerprint density at radius 2 is 1.41 bits per heavy atom. The molecule has 0 bridgehead atoms. The molecule has 1 fully saturated rings. The van der Waals surface area contributed by atoms with Gasteiger partial charge in [0.2, 0.25) is 0 Å². The fourth-order valence-electron chi connectivity index (χ4n) is 5.63. The zero-order valence-electron chi connectivity index (χ0n) is 20.6. The summed E-state index contributed by atoms with van der Waals surface area (Å²) in [5.41, 5.74) is 2.52. The molecule has 3 aromatic rings. The third-order valence-corrected chi connectivity index (χ3v) is 7.87. The Bertz CT molecular complexity index is 1090. The average molecular weight is 467 g/mol. The van der Waals surface area contributed by atoms with E-state index in [9.17, 15) is 8.78 Å². The predicted molar refractivity (Wildman–Crippen MR) is 137 cm³/mol. The second-order valence-corrected chi connectivity index (χ2v) is 10.2.